The highest BCUT2D eigenvalue weighted by Crippen LogP contribution is 2.21. The third kappa shape index (κ3) is 4.88. The number of thiophene rings is 1. The molecule has 2 aromatic rings. The summed E-state index contributed by atoms with van der Waals surface area (Å²) in [4.78, 5) is 3.94. The van der Waals surface area contributed by atoms with Crippen molar-refractivity contribution in [3.63, 3.8) is 0 Å². The fourth-order valence-electron chi connectivity index (χ4n) is 3.19. The molecule has 7 heteroatoms. The molecule has 1 aliphatic heterocycles. The molecule has 3 rings (SSSR count). The van der Waals surface area contributed by atoms with Crippen LogP contribution in [0.15, 0.2) is 40.6 Å². The SMILES string of the molecule is Cc1cc(F)ccc1S(=O)(=O)NCC1CCN(Cc2cccs2)CC1. The summed E-state index contributed by atoms with van der Waals surface area (Å²) in [6, 6.07) is 7.98. The van der Waals surface area contributed by atoms with Gasteiger partial charge in [0.2, 0.25) is 10.0 Å². The molecule has 1 fully saturated rings. The first-order chi connectivity index (χ1) is 11.9. The highest BCUT2D eigenvalue weighted by Gasteiger charge is 2.23. The summed E-state index contributed by atoms with van der Waals surface area (Å²) in [5, 5.41) is 2.09. The summed E-state index contributed by atoms with van der Waals surface area (Å²) in [6.45, 7) is 5.00. The number of halogens is 1. The van der Waals surface area contributed by atoms with E-state index >= 15 is 0 Å². The molecule has 0 atom stereocenters. The first-order valence-corrected chi connectivity index (χ1v) is 10.8. The van der Waals surface area contributed by atoms with E-state index < -0.39 is 15.8 Å². The van der Waals surface area contributed by atoms with Crippen LogP contribution in [0.4, 0.5) is 4.39 Å². The molecule has 0 bridgehead atoms. The summed E-state index contributed by atoms with van der Waals surface area (Å²) >= 11 is 1.77. The minimum absolute atomic E-state index is 0.157. The van der Waals surface area contributed by atoms with E-state index in [0.717, 1.165) is 32.5 Å². The molecule has 1 aromatic heterocycles. The quantitative estimate of drug-likeness (QED) is 0.833. The van der Waals surface area contributed by atoms with Gasteiger partial charge < -0.3 is 0 Å². The standard InChI is InChI=1S/C18H23FN2O2S2/c1-14-11-16(19)4-5-18(14)25(22,23)20-12-15-6-8-21(9-7-15)13-17-3-2-10-24-17/h2-5,10-11,15,20H,6-9,12-13H2,1H3. The molecule has 0 spiro atoms. The minimum Gasteiger partial charge on any atom is -0.298 e. The number of nitrogens with one attached hydrogen (secondary N) is 1. The highest BCUT2D eigenvalue weighted by molar-refractivity contribution is 7.89. The molecule has 0 saturated carbocycles. The molecule has 0 radical (unpaired) electrons. The molecule has 4 nitrogen and oxygen atoms in total. The summed E-state index contributed by atoms with van der Waals surface area (Å²) in [5.41, 5.74) is 0.429. The van der Waals surface area contributed by atoms with E-state index in [1.807, 2.05) is 0 Å². The van der Waals surface area contributed by atoms with Gasteiger partial charge in [-0.2, -0.15) is 0 Å². The number of nitrogens with zero attached hydrogens (tertiary/aromatic N) is 1. The zero-order valence-electron chi connectivity index (χ0n) is 14.2. The van der Waals surface area contributed by atoms with Crippen molar-refractivity contribution < 1.29 is 12.8 Å². The van der Waals surface area contributed by atoms with Gasteiger partial charge in [-0.1, -0.05) is 6.07 Å². The number of benzene rings is 1. The van der Waals surface area contributed by atoms with Crippen LogP contribution in [-0.2, 0) is 16.6 Å². The Bertz CT molecular complexity index is 798. The lowest BCUT2D eigenvalue weighted by Crippen LogP contribution is -2.38. The average molecular weight is 383 g/mol. The van der Waals surface area contributed by atoms with E-state index in [2.05, 4.69) is 27.1 Å². The molecular formula is C18H23FN2O2S2. The number of rotatable bonds is 6. The lowest BCUT2D eigenvalue weighted by atomic mass is 9.97. The van der Waals surface area contributed by atoms with Crippen molar-refractivity contribution in [1.82, 2.24) is 9.62 Å². The zero-order chi connectivity index (χ0) is 17.9. The van der Waals surface area contributed by atoms with Crippen molar-refractivity contribution in [2.75, 3.05) is 19.6 Å². The lowest BCUT2D eigenvalue weighted by molar-refractivity contribution is 0.180. The zero-order valence-corrected chi connectivity index (χ0v) is 15.9. The van der Waals surface area contributed by atoms with E-state index in [-0.39, 0.29) is 4.90 Å². The number of hydrogen-bond donors (Lipinski definition) is 1. The molecule has 2 heterocycles. The van der Waals surface area contributed by atoms with Crippen molar-refractivity contribution in [3.05, 3.63) is 52.0 Å². The first-order valence-electron chi connectivity index (χ1n) is 8.44. The minimum atomic E-state index is -3.59. The predicted molar refractivity (Wildman–Crippen MR) is 98.6 cm³/mol. The molecule has 136 valence electrons. The second-order valence-corrected chi connectivity index (χ2v) is 9.33. The molecule has 1 N–H and O–H groups in total. The molecule has 25 heavy (non-hydrogen) atoms. The van der Waals surface area contributed by atoms with E-state index in [9.17, 15) is 12.8 Å². The Morgan fingerprint density at radius 2 is 2.04 bits per heavy atom. The number of aryl methyl sites for hydroxylation is 1. The maximum Gasteiger partial charge on any atom is 0.240 e. The van der Waals surface area contributed by atoms with Crippen LogP contribution in [0.25, 0.3) is 0 Å². The third-order valence-electron chi connectivity index (χ3n) is 4.66. The third-order valence-corrected chi connectivity index (χ3v) is 7.10. The van der Waals surface area contributed by atoms with Crippen LogP contribution in [0, 0.1) is 18.7 Å². The van der Waals surface area contributed by atoms with Crippen LogP contribution < -0.4 is 4.72 Å². The molecular weight excluding hydrogens is 359 g/mol. The Kier molecular flexibility index (Phi) is 5.89. The maximum absolute atomic E-state index is 13.2. The van der Waals surface area contributed by atoms with E-state index in [1.165, 1.54) is 23.1 Å². The summed E-state index contributed by atoms with van der Waals surface area (Å²) < 4.78 is 40.7. The number of piperidine rings is 1. The van der Waals surface area contributed by atoms with Crippen LogP contribution in [0.1, 0.15) is 23.3 Å². The molecule has 1 aliphatic rings. The maximum atomic E-state index is 13.2. The summed E-state index contributed by atoms with van der Waals surface area (Å²) in [5.74, 6) is -0.0790. The lowest BCUT2D eigenvalue weighted by Gasteiger charge is -2.31. The normalized spacial score (nSPS) is 17.0. The van der Waals surface area contributed by atoms with Gasteiger partial charge in [0.05, 0.1) is 4.90 Å². The fraction of sp³-hybridized carbons (Fsp3) is 0.444. The monoisotopic (exact) mass is 382 g/mol. The van der Waals surface area contributed by atoms with Gasteiger partial charge in [-0.05, 0) is 74.0 Å². The van der Waals surface area contributed by atoms with Gasteiger partial charge in [0.1, 0.15) is 5.82 Å². The highest BCUT2D eigenvalue weighted by atomic mass is 32.2. The number of hydrogen-bond acceptors (Lipinski definition) is 4. The molecule has 0 amide bonds. The largest absolute Gasteiger partial charge is 0.298 e. The van der Waals surface area contributed by atoms with Crippen LogP contribution in [0.5, 0.6) is 0 Å². The van der Waals surface area contributed by atoms with E-state index in [0.29, 0.717) is 18.0 Å². The van der Waals surface area contributed by atoms with Gasteiger partial charge in [-0.3, -0.25) is 4.90 Å². The number of likely N-dealkylation sites (tertiary alicyclic amines) is 1. The van der Waals surface area contributed by atoms with Crippen molar-refractivity contribution in [1.29, 1.82) is 0 Å². The van der Waals surface area contributed by atoms with Gasteiger partial charge >= 0.3 is 0 Å². The van der Waals surface area contributed by atoms with Gasteiger partial charge in [0, 0.05) is 18.0 Å². The summed E-state index contributed by atoms with van der Waals surface area (Å²) in [7, 11) is -3.59. The van der Waals surface area contributed by atoms with Gasteiger partial charge in [0.25, 0.3) is 0 Å². The van der Waals surface area contributed by atoms with Crippen LogP contribution in [0.3, 0.4) is 0 Å². The Balaban J connectivity index is 1.50. The van der Waals surface area contributed by atoms with Gasteiger partial charge in [-0.25, -0.2) is 17.5 Å². The topological polar surface area (TPSA) is 49.4 Å². The van der Waals surface area contributed by atoms with Crippen molar-refractivity contribution in [2.45, 2.75) is 31.2 Å². The molecule has 1 saturated heterocycles. The van der Waals surface area contributed by atoms with Gasteiger partial charge in [-0.15, -0.1) is 11.3 Å². The average Bonchev–Trinajstić information content (AvgIpc) is 3.07. The Morgan fingerprint density at radius 3 is 2.68 bits per heavy atom. The van der Waals surface area contributed by atoms with Gasteiger partial charge in [0.15, 0.2) is 0 Å². The Labute approximate surface area is 152 Å². The molecule has 0 unspecified atom stereocenters. The number of sulfonamides is 1. The summed E-state index contributed by atoms with van der Waals surface area (Å²) in [6.07, 6.45) is 1.96. The fourth-order valence-corrected chi connectivity index (χ4v) is 5.28. The second kappa shape index (κ2) is 7.95. The van der Waals surface area contributed by atoms with Crippen LogP contribution >= 0.6 is 11.3 Å². The smallest absolute Gasteiger partial charge is 0.240 e. The van der Waals surface area contributed by atoms with Crippen LogP contribution in [0.2, 0.25) is 0 Å². The van der Waals surface area contributed by atoms with E-state index in [4.69, 9.17) is 0 Å². The molecule has 0 aliphatic carbocycles. The first kappa shape index (κ1) is 18.5. The Hall–Kier alpha value is -1.28. The van der Waals surface area contributed by atoms with E-state index in [1.54, 1.807) is 18.3 Å². The Morgan fingerprint density at radius 1 is 1.28 bits per heavy atom. The van der Waals surface area contributed by atoms with Crippen molar-refractivity contribution in [3.8, 4) is 0 Å². The van der Waals surface area contributed by atoms with Crippen molar-refractivity contribution >= 4 is 21.4 Å². The molecule has 1 aromatic carbocycles. The van der Waals surface area contributed by atoms with Crippen LogP contribution in [-0.4, -0.2) is 33.0 Å². The van der Waals surface area contributed by atoms with Crippen molar-refractivity contribution in [2.24, 2.45) is 5.92 Å². The second-order valence-electron chi connectivity index (χ2n) is 6.56. The predicted octanol–water partition coefficient (Wildman–Crippen LogP) is 3.39.